The summed E-state index contributed by atoms with van der Waals surface area (Å²) in [5.41, 5.74) is 0.558. The molecule has 1 aliphatic rings. The summed E-state index contributed by atoms with van der Waals surface area (Å²) in [6, 6.07) is 0. The maximum Gasteiger partial charge on any atom is 0.00206 e. The highest BCUT2D eigenvalue weighted by molar-refractivity contribution is 4.89. The molecule has 0 aliphatic carbocycles. The fourth-order valence-corrected chi connectivity index (χ4v) is 2.51. The Balaban J connectivity index is 2.26. The van der Waals surface area contributed by atoms with Crippen LogP contribution in [0.2, 0.25) is 0 Å². The highest BCUT2D eigenvalue weighted by Crippen LogP contribution is 2.30. The fourth-order valence-electron chi connectivity index (χ4n) is 2.51. The van der Waals surface area contributed by atoms with E-state index in [0.717, 1.165) is 5.92 Å². The lowest BCUT2D eigenvalue weighted by Crippen LogP contribution is -2.37. The zero-order valence-corrected chi connectivity index (χ0v) is 10.7. The molecule has 2 atom stereocenters. The molecule has 0 radical (unpaired) electrons. The van der Waals surface area contributed by atoms with Crippen LogP contribution in [-0.4, -0.2) is 26.2 Å². The average molecular weight is 212 g/mol. The topological polar surface area (TPSA) is 24.1 Å². The van der Waals surface area contributed by atoms with E-state index in [1.165, 1.54) is 51.9 Å². The Morgan fingerprint density at radius 3 is 2.73 bits per heavy atom. The molecule has 1 rings (SSSR count). The van der Waals surface area contributed by atoms with Crippen molar-refractivity contribution in [2.75, 3.05) is 26.2 Å². The molecule has 0 spiro atoms. The first-order valence-corrected chi connectivity index (χ1v) is 6.64. The van der Waals surface area contributed by atoms with E-state index in [1.54, 1.807) is 0 Å². The molecule has 1 heterocycles. The van der Waals surface area contributed by atoms with Crippen LogP contribution in [0.25, 0.3) is 0 Å². The van der Waals surface area contributed by atoms with Gasteiger partial charge < -0.3 is 10.6 Å². The van der Waals surface area contributed by atoms with E-state index in [4.69, 9.17) is 0 Å². The van der Waals surface area contributed by atoms with Gasteiger partial charge in [0.15, 0.2) is 0 Å². The monoisotopic (exact) mass is 212 g/mol. The zero-order valence-electron chi connectivity index (χ0n) is 10.7. The molecule has 2 nitrogen and oxygen atoms in total. The van der Waals surface area contributed by atoms with Crippen LogP contribution in [0.4, 0.5) is 0 Å². The Morgan fingerprint density at radius 2 is 2.20 bits per heavy atom. The highest BCUT2D eigenvalue weighted by Gasteiger charge is 2.32. The van der Waals surface area contributed by atoms with E-state index in [-0.39, 0.29) is 0 Å². The van der Waals surface area contributed by atoms with Crippen LogP contribution in [-0.2, 0) is 0 Å². The Kier molecular flexibility index (Phi) is 5.62. The lowest BCUT2D eigenvalue weighted by molar-refractivity contribution is 0.270. The van der Waals surface area contributed by atoms with Crippen LogP contribution < -0.4 is 10.6 Å². The van der Waals surface area contributed by atoms with E-state index in [9.17, 15) is 0 Å². The summed E-state index contributed by atoms with van der Waals surface area (Å²) >= 11 is 0. The summed E-state index contributed by atoms with van der Waals surface area (Å²) in [6.07, 6.45) is 5.32. The van der Waals surface area contributed by atoms with Crippen molar-refractivity contribution in [2.24, 2.45) is 11.3 Å². The van der Waals surface area contributed by atoms with Crippen molar-refractivity contribution in [1.29, 1.82) is 0 Å². The lowest BCUT2D eigenvalue weighted by Gasteiger charge is -2.28. The molecule has 90 valence electrons. The van der Waals surface area contributed by atoms with Crippen LogP contribution in [0.15, 0.2) is 0 Å². The molecule has 0 aromatic heterocycles. The first kappa shape index (κ1) is 13.0. The molecular formula is C13H28N2. The molecule has 1 aliphatic heterocycles. The van der Waals surface area contributed by atoms with Gasteiger partial charge in [-0.3, -0.25) is 0 Å². The van der Waals surface area contributed by atoms with Crippen molar-refractivity contribution in [3.05, 3.63) is 0 Å². The van der Waals surface area contributed by atoms with Crippen molar-refractivity contribution in [3.63, 3.8) is 0 Å². The molecule has 2 unspecified atom stereocenters. The number of nitrogens with one attached hydrogen (secondary N) is 2. The van der Waals surface area contributed by atoms with Crippen LogP contribution in [0.3, 0.4) is 0 Å². The second-order valence-corrected chi connectivity index (χ2v) is 5.32. The maximum absolute atomic E-state index is 3.66. The van der Waals surface area contributed by atoms with Gasteiger partial charge in [-0.15, -0.1) is 0 Å². The largest absolute Gasteiger partial charge is 0.316 e. The summed E-state index contributed by atoms with van der Waals surface area (Å²) in [5.74, 6) is 0.818. The van der Waals surface area contributed by atoms with Gasteiger partial charge in [0, 0.05) is 13.1 Å². The van der Waals surface area contributed by atoms with Gasteiger partial charge in [-0.1, -0.05) is 33.6 Å². The molecule has 2 N–H and O–H groups in total. The zero-order chi connectivity index (χ0) is 11.1. The fraction of sp³-hybridized carbons (Fsp3) is 1.00. The van der Waals surface area contributed by atoms with E-state index < -0.39 is 0 Å². The summed E-state index contributed by atoms with van der Waals surface area (Å²) in [5, 5.41) is 7.17. The van der Waals surface area contributed by atoms with Gasteiger partial charge in [-0.05, 0) is 37.3 Å². The van der Waals surface area contributed by atoms with Gasteiger partial charge in [-0.25, -0.2) is 0 Å². The molecule has 0 saturated carbocycles. The van der Waals surface area contributed by atoms with Crippen molar-refractivity contribution in [1.82, 2.24) is 10.6 Å². The van der Waals surface area contributed by atoms with Gasteiger partial charge in [-0.2, -0.15) is 0 Å². The van der Waals surface area contributed by atoms with Gasteiger partial charge in [0.25, 0.3) is 0 Å². The molecule has 2 heteroatoms. The van der Waals surface area contributed by atoms with Crippen molar-refractivity contribution < 1.29 is 0 Å². The minimum absolute atomic E-state index is 0.558. The van der Waals surface area contributed by atoms with Crippen molar-refractivity contribution >= 4 is 0 Å². The number of hydrogen-bond acceptors (Lipinski definition) is 2. The molecule has 0 aromatic rings. The third kappa shape index (κ3) is 4.12. The Labute approximate surface area is 95.2 Å². The minimum atomic E-state index is 0.558. The van der Waals surface area contributed by atoms with Gasteiger partial charge in [0.2, 0.25) is 0 Å². The number of hydrogen-bond donors (Lipinski definition) is 2. The molecule has 15 heavy (non-hydrogen) atoms. The van der Waals surface area contributed by atoms with E-state index in [2.05, 4.69) is 31.4 Å². The first-order chi connectivity index (χ1) is 7.22. The first-order valence-electron chi connectivity index (χ1n) is 6.64. The molecule has 0 amide bonds. The molecule has 0 aromatic carbocycles. The summed E-state index contributed by atoms with van der Waals surface area (Å²) in [6.45, 7) is 11.7. The van der Waals surface area contributed by atoms with E-state index >= 15 is 0 Å². The van der Waals surface area contributed by atoms with Gasteiger partial charge >= 0.3 is 0 Å². The smallest absolute Gasteiger partial charge is 0.00206 e. The quantitative estimate of drug-likeness (QED) is 0.677. The highest BCUT2D eigenvalue weighted by atomic mass is 15.0. The predicted octanol–water partition coefficient (Wildman–Crippen LogP) is 2.40. The Bertz CT molecular complexity index is 162. The summed E-state index contributed by atoms with van der Waals surface area (Å²) in [4.78, 5) is 0. The van der Waals surface area contributed by atoms with Crippen LogP contribution in [0.1, 0.15) is 46.5 Å². The van der Waals surface area contributed by atoms with Gasteiger partial charge in [0.05, 0.1) is 0 Å². The van der Waals surface area contributed by atoms with Crippen molar-refractivity contribution in [2.45, 2.75) is 46.5 Å². The predicted molar refractivity (Wildman–Crippen MR) is 67.2 cm³/mol. The normalized spacial score (nSPS) is 28.2. The van der Waals surface area contributed by atoms with Crippen LogP contribution in [0, 0.1) is 11.3 Å². The van der Waals surface area contributed by atoms with E-state index in [0.29, 0.717) is 5.41 Å². The molecule has 1 fully saturated rings. The average Bonchev–Trinajstić information content (AvgIpc) is 2.67. The summed E-state index contributed by atoms with van der Waals surface area (Å²) < 4.78 is 0. The summed E-state index contributed by atoms with van der Waals surface area (Å²) in [7, 11) is 0. The third-order valence-corrected chi connectivity index (χ3v) is 3.80. The van der Waals surface area contributed by atoms with Crippen LogP contribution >= 0.6 is 0 Å². The lowest BCUT2D eigenvalue weighted by atomic mass is 9.82. The minimum Gasteiger partial charge on any atom is -0.316 e. The number of rotatable bonds is 7. The Morgan fingerprint density at radius 1 is 1.40 bits per heavy atom. The molecule has 1 saturated heterocycles. The van der Waals surface area contributed by atoms with Crippen LogP contribution in [0.5, 0.6) is 0 Å². The second-order valence-electron chi connectivity index (χ2n) is 5.32. The molecular weight excluding hydrogens is 184 g/mol. The SMILES string of the molecule is CCCC1(CNCC(C)CC)CCNC1. The standard InChI is InChI=1S/C13H28N2/c1-4-6-13(7-8-14-10-13)11-15-9-12(3)5-2/h12,14-15H,4-11H2,1-3H3. The van der Waals surface area contributed by atoms with Gasteiger partial charge in [0.1, 0.15) is 0 Å². The Hall–Kier alpha value is -0.0800. The third-order valence-electron chi connectivity index (χ3n) is 3.80. The maximum atomic E-state index is 3.66. The van der Waals surface area contributed by atoms with E-state index in [1.807, 2.05) is 0 Å². The second kappa shape index (κ2) is 6.49. The molecule has 0 bridgehead atoms. The van der Waals surface area contributed by atoms with Crippen molar-refractivity contribution in [3.8, 4) is 0 Å².